The van der Waals surface area contributed by atoms with Gasteiger partial charge < -0.3 is 20.7 Å². The molecule has 6 nitrogen and oxygen atoms in total. The van der Waals surface area contributed by atoms with Crippen molar-refractivity contribution >= 4 is 29.9 Å². The largest absolute Gasteiger partial charge is 0.495 e. The molecule has 2 amide bonds. The maximum atomic E-state index is 12.6. The standard InChI is InChI=1S/C19H27N3O3.ClH/c1-25-17-5-3-2-4-16(17)21-18(23)13-8-10-22(11-9-13)19(24)14-6-7-15(20)12-14;/h2-5,13-15H,6-12,20H2,1H3,(H,21,23);1H. The van der Waals surface area contributed by atoms with Gasteiger partial charge in [0.2, 0.25) is 11.8 Å². The average molecular weight is 382 g/mol. The molecule has 1 heterocycles. The van der Waals surface area contributed by atoms with Crippen LogP contribution in [0.3, 0.4) is 0 Å². The molecule has 0 spiro atoms. The number of nitrogens with one attached hydrogen (secondary N) is 1. The maximum Gasteiger partial charge on any atom is 0.227 e. The second-order valence-corrected chi connectivity index (χ2v) is 7.06. The molecule has 3 N–H and O–H groups in total. The molecule has 0 bridgehead atoms. The van der Waals surface area contributed by atoms with E-state index in [9.17, 15) is 9.59 Å². The molecule has 0 radical (unpaired) electrons. The van der Waals surface area contributed by atoms with Gasteiger partial charge in [0.05, 0.1) is 12.8 Å². The van der Waals surface area contributed by atoms with Crippen molar-refractivity contribution in [3.05, 3.63) is 24.3 Å². The number of rotatable bonds is 4. The molecule has 1 aliphatic heterocycles. The van der Waals surface area contributed by atoms with Gasteiger partial charge in [-0.15, -0.1) is 12.4 Å². The maximum absolute atomic E-state index is 12.6. The van der Waals surface area contributed by atoms with Crippen molar-refractivity contribution in [1.82, 2.24) is 4.90 Å². The van der Waals surface area contributed by atoms with Crippen LogP contribution in [-0.4, -0.2) is 43.0 Å². The number of likely N-dealkylation sites (tertiary alicyclic amines) is 1. The van der Waals surface area contributed by atoms with Crippen LogP contribution in [0.15, 0.2) is 24.3 Å². The third-order valence-corrected chi connectivity index (χ3v) is 5.36. The quantitative estimate of drug-likeness (QED) is 0.838. The van der Waals surface area contributed by atoms with Crippen molar-refractivity contribution in [1.29, 1.82) is 0 Å². The first kappa shape index (κ1) is 20.5. The van der Waals surface area contributed by atoms with Crippen LogP contribution < -0.4 is 15.8 Å². The van der Waals surface area contributed by atoms with Crippen LogP contribution >= 0.6 is 12.4 Å². The molecule has 7 heteroatoms. The Bertz CT molecular complexity index is 632. The SMILES string of the molecule is COc1ccccc1NC(=O)C1CCN(C(=O)C2CCC(N)C2)CC1.Cl. The Morgan fingerprint density at radius 1 is 1.12 bits per heavy atom. The van der Waals surface area contributed by atoms with Gasteiger partial charge in [-0.3, -0.25) is 9.59 Å². The molecule has 2 unspecified atom stereocenters. The Hall–Kier alpha value is -1.79. The topological polar surface area (TPSA) is 84.7 Å². The number of hydrogen-bond donors (Lipinski definition) is 2. The van der Waals surface area contributed by atoms with Gasteiger partial charge in [-0.25, -0.2) is 0 Å². The number of hydrogen-bond acceptors (Lipinski definition) is 4. The fourth-order valence-electron chi connectivity index (χ4n) is 3.84. The van der Waals surface area contributed by atoms with E-state index in [0.29, 0.717) is 37.4 Å². The highest BCUT2D eigenvalue weighted by atomic mass is 35.5. The highest BCUT2D eigenvalue weighted by molar-refractivity contribution is 5.94. The van der Waals surface area contributed by atoms with Gasteiger partial charge in [-0.1, -0.05) is 12.1 Å². The van der Waals surface area contributed by atoms with Gasteiger partial charge in [0.25, 0.3) is 0 Å². The van der Waals surface area contributed by atoms with Gasteiger partial charge in [-0.2, -0.15) is 0 Å². The summed E-state index contributed by atoms with van der Waals surface area (Å²) >= 11 is 0. The molecule has 1 saturated heterocycles. The predicted octanol–water partition coefficient (Wildman–Crippen LogP) is 2.42. The van der Waals surface area contributed by atoms with Gasteiger partial charge >= 0.3 is 0 Å². The first-order valence-corrected chi connectivity index (χ1v) is 9.06. The molecule has 2 fully saturated rings. The van der Waals surface area contributed by atoms with E-state index in [2.05, 4.69) is 5.32 Å². The first-order chi connectivity index (χ1) is 12.1. The number of methoxy groups -OCH3 is 1. The van der Waals surface area contributed by atoms with Crippen LogP contribution in [0.2, 0.25) is 0 Å². The van der Waals surface area contributed by atoms with E-state index in [1.54, 1.807) is 7.11 Å². The molecule has 0 aromatic heterocycles. The zero-order valence-electron chi connectivity index (χ0n) is 15.1. The zero-order valence-corrected chi connectivity index (χ0v) is 16.0. The molecular formula is C19H28ClN3O3. The van der Waals surface area contributed by atoms with E-state index in [-0.39, 0.29) is 42.1 Å². The van der Waals surface area contributed by atoms with Crippen molar-refractivity contribution in [2.45, 2.75) is 38.1 Å². The van der Waals surface area contributed by atoms with Crippen molar-refractivity contribution in [3.63, 3.8) is 0 Å². The summed E-state index contributed by atoms with van der Waals surface area (Å²) in [7, 11) is 1.59. The van der Waals surface area contributed by atoms with Crippen molar-refractivity contribution in [2.75, 3.05) is 25.5 Å². The zero-order chi connectivity index (χ0) is 17.8. The summed E-state index contributed by atoms with van der Waals surface area (Å²) in [5, 5.41) is 2.95. The summed E-state index contributed by atoms with van der Waals surface area (Å²) in [4.78, 5) is 27.0. The van der Waals surface area contributed by atoms with Gasteiger partial charge in [0.1, 0.15) is 5.75 Å². The number of nitrogens with zero attached hydrogens (tertiary/aromatic N) is 1. The van der Waals surface area contributed by atoms with E-state index in [1.807, 2.05) is 29.2 Å². The fourth-order valence-corrected chi connectivity index (χ4v) is 3.84. The smallest absolute Gasteiger partial charge is 0.227 e. The van der Waals surface area contributed by atoms with Crippen molar-refractivity contribution in [3.8, 4) is 5.75 Å². The lowest BCUT2D eigenvalue weighted by Crippen LogP contribution is -2.43. The number of piperidine rings is 1. The minimum absolute atomic E-state index is 0. The predicted molar refractivity (Wildman–Crippen MR) is 103 cm³/mol. The van der Waals surface area contributed by atoms with Crippen LogP contribution in [-0.2, 0) is 9.59 Å². The molecule has 1 aromatic rings. The van der Waals surface area contributed by atoms with E-state index in [4.69, 9.17) is 10.5 Å². The number of carbonyl (C=O) groups is 2. The molecule has 1 aliphatic carbocycles. The lowest BCUT2D eigenvalue weighted by atomic mass is 9.94. The number of benzene rings is 1. The Kier molecular flexibility index (Phi) is 7.29. The molecular weight excluding hydrogens is 354 g/mol. The normalized spacial score (nSPS) is 23.2. The summed E-state index contributed by atoms with van der Waals surface area (Å²) < 4.78 is 5.27. The Morgan fingerprint density at radius 3 is 2.42 bits per heavy atom. The minimum atomic E-state index is -0.0696. The van der Waals surface area contributed by atoms with Gasteiger partial charge in [-0.05, 0) is 44.2 Å². The third kappa shape index (κ3) is 4.68. The van der Waals surface area contributed by atoms with Crippen molar-refractivity contribution in [2.24, 2.45) is 17.6 Å². The van der Waals surface area contributed by atoms with E-state index < -0.39 is 0 Å². The summed E-state index contributed by atoms with van der Waals surface area (Å²) in [6, 6.07) is 7.55. The number of anilines is 1. The second kappa shape index (κ2) is 9.24. The Balaban J connectivity index is 0.00000243. The van der Waals surface area contributed by atoms with Gasteiger partial charge in [0, 0.05) is 31.0 Å². The Morgan fingerprint density at radius 2 is 1.81 bits per heavy atom. The lowest BCUT2D eigenvalue weighted by molar-refractivity contribution is -0.138. The summed E-state index contributed by atoms with van der Waals surface area (Å²) in [5.41, 5.74) is 6.61. The second-order valence-electron chi connectivity index (χ2n) is 7.06. The van der Waals surface area contributed by atoms with Crippen LogP contribution in [0, 0.1) is 11.8 Å². The number of halogens is 1. The molecule has 1 aromatic carbocycles. The number of amides is 2. The highest BCUT2D eigenvalue weighted by Gasteiger charge is 2.34. The summed E-state index contributed by atoms with van der Waals surface area (Å²) in [6.07, 6.45) is 4.03. The number of carbonyl (C=O) groups excluding carboxylic acids is 2. The van der Waals surface area contributed by atoms with E-state index >= 15 is 0 Å². The molecule has 2 aliphatic rings. The third-order valence-electron chi connectivity index (χ3n) is 5.36. The average Bonchev–Trinajstić information content (AvgIpc) is 3.08. The molecule has 1 saturated carbocycles. The number of para-hydroxylation sites is 2. The van der Waals surface area contributed by atoms with Gasteiger partial charge in [0.15, 0.2) is 0 Å². The first-order valence-electron chi connectivity index (χ1n) is 9.06. The molecule has 2 atom stereocenters. The number of ether oxygens (including phenoxy) is 1. The van der Waals surface area contributed by atoms with Crippen LogP contribution in [0.4, 0.5) is 5.69 Å². The van der Waals surface area contributed by atoms with Crippen LogP contribution in [0.5, 0.6) is 5.75 Å². The highest BCUT2D eigenvalue weighted by Crippen LogP contribution is 2.29. The number of nitrogens with two attached hydrogens (primary N) is 1. The molecule has 26 heavy (non-hydrogen) atoms. The minimum Gasteiger partial charge on any atom is -0.495 e. The molecule has 3 rings (SSSR count). The summed E-state index contributed by atoms with van der Waals surface area (Å²) in [6.45, 7) is 1.29. The van der Waals surface area contributed by atoms with E-state index in [0.717, 1.165) is 19.3 Å². The fraction of sp³-hybridized carbons (Fsp3) is 0.579. The summed E-state index contributed by atoms with van der Waals surface area (Å²) in [5.74, 6) is 0.880. The van der Waals surface area contributed by atoms with Crippen molar-refractivity contribution < 1.29 is 14.3 Å². The van der Waals surface area contributed by atoms with Crippen LogP contribution in [0.25, 0.3) is 0 Å². The lowest BCUT2D eigenvalue weighted by Gasteiger charge is -2.33. The monoisotopic (exact) mass is 381 g/mol. The Labute approximate surface area is 160 Å². The molecule has 144 valence electrons. The van der Waals surface area contributed by atoms with E-state index in [1.165, 1.54) is 0 Å². The van der Waals surface area contributed by atoms with Crippen LogP contribution in [0.1, 0.15) is 32.1 Å².